The Morgan fingerprint density at radius 2 is 2.23 bits per heavy atom. The number of phenolic OH excluding ortho intramolecular Hbond substituents is 1. The quantitative estimate of drug-likeness (QED) is 0.658. The summed E-state index contributed by atoms with van der Waals surface area (Å²) in [6.45, 7) is 0. The van der Waals surface area contributed by atoms with Crippen molar-refractivity contribution in [3.63, 3.8) is 0 Å². The molecule has 0 aliphatic carbocycles. The van der Waals surface area contributed by atoms with Crippen molar-refractivity contribution < 1.29 is 14.3 Å². The van der Waals surface area contributed by atoms with E-state index < -0.39 is 11.6 Å². The molecule has 0 aliphatic rings. The fourth-order valence-corrected chi connectivity index (χ4v) is 1.27. The van der Waals surface area contributed by atoms with Crippen molar-refractivity contribution in [1.82, 2.24) is 0 Å². The van der Waals surface area contributed by atoms with Gasteiger partial charge in [0.1, 0.15) is 0 Å². The summed E-state index contributed by atoms with van der Waals surface area (Å²) in [5, 5.41) is 9.41. The van der Waals surface area contributed by atoms with Crippen LogP contribution in [0.3, 0.4) is 0 Å². The van der Waals surface area contributed by atoms with E-state index in [0.717, 1.165) is 6.07 Å². The number of phenols is 1. The molecule has 0 amide bonds. The monoisotopic (exact) mass is 246 g/mol. The standard InChI is InChI=1S/C9H8BrFO2/c10-4-3-8(12)6-1-2-9(13)7(11)5-6/h1-2,5,13H,3-4H2. The van der Waals surface area contributed by atoms with E-state index in [1.165, 1.54) is 12.1 Å². The lowest BCUT2D eigenvalue weighted by Crippen LogP contribution is -1.99. The minimum absolute atomic E-state index is 0.143. The third-order valence-electron chi connectivity index (χ3n) is 1.59. The summed E-state index contributed by atoms with van der Waals surface area (Å²) in [6, 6.07) is 3.63. The molecule has 0 radical (unpaired) electrons. The number of benzene rings is 1. The van der Waals surface area contributed by atoms with Gasteiger partial charge in [0.25, 0.3) is 0 Å². The molecule has 0 saturated heterocycles. The molecule has 0 spiro atoms. The predicted octanol–water partition coefficient (Wildman–Crippen LogP) is 2.50. The van der Waals surface area contributed by atoms with Crippen LogP contribution in [0.15, 0.2) is 18.2 Å². The van der Waals surface area contributed by atoms with Gasteiger partial charge >= 0.3 is 0 Å². The van der Waals surface area contributed by atoms with Crippen LogP contribution in [0.25, 0.3) is 0 Å². The van der Waals surface area contributed by atoms with E-state index in [2.05, 4.69) is 15.9 Å². The van der Waals surface area contributed by atoms with Gasteiger partial charge in [-0.3, -0.25) is 4.79 Å². The largest absolute Gasteiger partial charge is 0.505 e. The zero-order chi connectivity index (χ0) is 9.84. The van der Waals surface area contributed by atoms with Crippen molar-refractivity contribution in [1.29, 1.82) is 0 Å². The first kappa shape index (κ1) is 10.2. The SMILES string of the molecule is O=C(CCBr)c1ccc(O)c(F)c1. The maximum atomic E-state index is 12.8. The van der Waals surface area contributed by atoms with Crippen LogP contribution in [0.2, 0.25) is 0 Å². The molecule has 1 rings (SSSR count). The third-order valence-corrected chi connectivity index (χ3v) is 1.99. The topological polar surface area (TPSA) is 37.3 Å². The number of alkyl halides is 1. The highest BCUT2D eigenvalue weighted by Gasteiger charge is 2.07. The second-order valence-electron chi connectivity index (χ2n) is 2.53. The average molecular weight is 247 g/mol. The molecule has 0 heterocycles. The molecular weight excluding hydrogens is 239 g/mol. The van der Waals surface area contributed by atoms with Gasteiger partial charge in [-0.15, -0.1) is 0 Å². The minimum Gasteiger partial charge on any atom is -0.505 e. The van der Waals surface area contributed by atoms with Crippen molar-refractivity contribution >= 4 is 21.7 Å². The van der Waals surface area contributed by atoms with Gasteiger partial charge in [0, 0.05) is 17.3 Å². The van der Waals surface area contributed by atoms with E-state index in [9.17, 15) is 9.18 Å². The smallest absolute Gasteiger partial charge is 0.165 e. The van der Waals surface area contributed by atoms with Gasteiger partial charge in [0.15, 0.2) is 17.3 Å². The van der Waals surface area contributed by atoms with Crippen LogP contribution in [0.5, 0.6) is 5.75 Å². The number of rotatable bonds is 3. The summed E-state index contributed by atoms with van der Waals surface area (Å²) in [7, 11) is 0. The average Bonchev–Trinajstić information content (AvgIpc) is 2.10. The number of carbonyl (C=O) groups is 1. The Hall–Kier alpha value is -0.900. The molecule has 1 aromatic rings. The number of hydrogen-bond acceptors (Lipinski definition) is 2. The minimum atomic E-state index is -0.763. The number of halogens is 2. The fourth-order valence-electron chi connectivity index (χ4n) is 0.911. The summed E-state index contributed by atoms with van der Waals surface area (Å²) in [5.41, 5.74) is 0.287. The second-order valence-corrected chi connectivity index (χ2v) is 3.32. The number of carbonyl (C=O) groups excluding carboxylic acids is 1. The lowest BCUT2D eigenvalue weighted by molar-refractivity contribution is 0.0989. The van der Waals surface area contributed by atoms with Gasteiger partial charge in [-0.2, -0.15) is 0 Å². The lowest BCUT2D eigenvalue weighted by Gasteiger charge is -1.99. The Bertz CT molecular complexity index is 325. The summed E-state index contributed by atoms with van der Waals surface area (Å²) in [4.78, 5) is 11.2. The number of hydrogen-bond donors (Lipinski definition) is 1. The second kappa shape index (κ2) is 4.37. The van der Waals surface area contributed by atoms with Crippen LogP contribution >= 0.6 is 15.9 Å². The lowest BCUT2D eigenvalue weighted by atomic mass is 10.1. The van der Waals surface area contributed by atoms with Crippen molar-refractivity contribution in [2.75, 3.05) is 5.33 Å². The summed E-state index contributed by atoms with van der Waals surface area (Å²) < 4.78 is 12.8. The first-order valence-electron chi connectivity index (χ1n) is 3.73. The molecule has 70 valence electrons. The normalized spacial score (nSPS) is 10.0. The summed E-state index contributed by atoms with van der Waals surface area (Å²) in [6.07, 6.45) is 0.324. The van der Waals surface area contributed by atoms with Crippen LogP contribution < -0.4 is 0 Å². The Kier molecular flexibility index (Phi) is 3.42. The van der Waals surface area contributed by atoms with Gasteiger partial charge in [-0.25, -0.2) is 4.39 Å². The molecule has 1 N–H and O–H groups in total. The zero-order valence-corrected chi connectivity index (χ0v) is 8.34. The third kappa shape index (κ3) is 2.52. The van der Waals surface area contributed by atoms with Crippen LogP contribution in [-0.4, -0.2) is 16.2 Å². The Labute approximate surface area is 83.5 Å². The number of Topliss-reactive ketones (excluding diaryl/α,β-unsaturated/α-hetero) is 1. The highest BCUT2D eigenvalue weighted by Crippen LogP contribution is 2.17. The molecule has 0 unspecified atom stereocenters. The van der Waals surface area contributed by atoms with Gasteiger partial charge in [0.2, 0.25) is 0 Å². The predicted molar refractivity (Wildman–Crippen MR) is 50.8 cm³/mol. The summed E-state index contributed by atoms with van der Waals surface area (Å²) >= 11 is 3.12. The van der Waals surface area contributed by atoms with Crippen molar-refractivity contribution in [2.45, 2.75) is 6.42 Å². The van der Waals surface area contributed by atoms with Gasteiger partial charge in [0.05, 0.1) is 0 Å². The summed E-state index contributed by atoms with van der Waals surface area (Å²) in [5.74, 6) is -1.34. The van der Waals surface area contributed by atoms with Crippen molar-refractivity contribution in [3.05, 3.63) is 29.6 Å². The van der Waals surface area contributed by atoms with E-state index in [0.29, 0.717) is 11.8 Å². The Morgan fingerprint density at radius 3 is 2.77 bits per heavy atom. The van der Waals surface area contributed by atoms with Gasteiger partial charge in [-0.05, 0) is 18.2 Å². The molecule has 1 aromatic carbocycles. The van der Waals surface area contributed by atoms with E-state index in [-0.39, 0.29) is 11.3 Å². The maximum absolute atomic E-state index is 12.8. The first-order valence-corrected chi connectivity index (χ1v) is 4.85. The molecule has 0 atom stereocenters. The van der Waals surface area contributed by atoms with E-state index in [4.69, 9.17) is 5.11 Å². The van der Waals surface area contributed by atoms with E-state index in [1.54, 1.807) is 0 Å². The van der Waals surface area contributed by atoms with Crippen molar-refractivity contribution in [3.8, 4) is 5.75 Å². The van der Waals surface area contributed by atoms with E-state index >= 15 is 0 Å². The van der Waals surface area contributed by atoms with Crippen LogP contribution in [-0.2, 0) is 0 Å². The Balaban J connectivity index is 2.90. The molecule has 4 heteroatoms. The maximum Gasteiger partial charge on any atom is 0.165 e. The van der Waals surface area contributed by atoms with E-state index in [1.807, 2.05) is 0 Å². The Morgan fingerprint density at radius 1 is 1.54 bits per heavy atom. The zero-order valence-electron chi connectivity index (χ0n) is 6.76. The molecule has 0 bridgehead atoms. The van der Waals surface area contributed by atoms with Crippen molar-refractivity contribution in [2.24, 2.45) is 0 Å². The molecule has 0 fully saturated rings. The van der Waals surface area contributed by atoms with Crippen LogP contribution in [0, 0.1) is 5.82 Å². The molecule has 0 saturated carbocycles. The van der Waals surface area contributed by atoms with Crippen LogP contribution in [0.4, 0.5) is 4.39 Å². The molecule has 2 nitrogen and oxygen atoms in total. The molecular formula is C9H8BrFO2. The fraction of sp³-hybridized carbons (Fsp3) is 0.222. The highest BCUT2D eigenvalue weighted by molar-refractivity contribution is 9.09. The van der Waals surface area contributed by atoms with Gasteiger partial charge in [-0.1, -0.05) is 15.9 Å². The van der Waals surface area contributed by atoms with Crippen LogP contribution in [0.1, 0.15) is 16.8 Å². The molecule has 0 aliphatic heterocycles. The first-order chi connectivity index (χ1) is 6.15. The number of aromatic hydroxyl groups is 1. The van der Waals surface area contributed by atoms with Gasteiger partial charge < -0.3 is 5.11 Å². The molecule has 0 aromatic heterocycles. The molecule has 13 heavy (non-hydrogen) atoms. The number of ketones is 1. The highest BCUT2D eigenvalue weighted by atomic mass is 79.9.